The Kier molecular flexibility index (Phi) is 6.65. The molecule has 0 bridgehead atoms. The molecule has 0 saturated heterocycles. The second kappa shape index (κ2) is 9.91. The normalized spacial score (nSPS) is 11.9. The van der Waals surface area contributed by atoms with Crippen LogP contribution in [0.15, 0.2) is 100 Å². The minimum Gasteiger partial charge on any atom is -0.493 e. The summed E-state index contributed by atoms with van der Waals surface area (Å²) in [6.07, 6.45) is 0. The first-order valence-corrected chi connectivity index (χ1v) is 13.4. The van der Waals surface area contributed by atoms with E-state index in [4.69, 9.17) is 29.0 Å². The third-order valence-electron chi connectivity index (χ3n) is 5.80. The van der Waals surface area contributed by atoms with Gasteiger partial charge in [0.1, 0.15) is 4.90 Å². The molecule has 186 valence electrons. The van der Waals surface area contributed by atoms with Gasteiger partial charge in [0.15, 0.2) is 5.69 Å². The van der Waals surface area contributed by atoms with Gasteiger partial charge < -0.3 is 15.0 Å². The maximum atomic E-state index is 11.9. The molecule has 4 aromatic carbocycles. The fourth-order valence-corrected chi connectivity index (χ4v) is 5.13. The van der Waals surface area contributed by atoms with E-state index in [2.05, 4.69) is 21.6 Å². The van der Waals surface area contributed by atoms with Crippen LogP contribution in [0.25, 0.3) is 21.7 Å². The molecule has 0 atom stereocenters. The van der Waals surface area contributed by atoms with Crippen molar-refractivity contribution in [2.75, 3.05) is 5.32 Å². The quantitative estimate of drug-likeness (QED) is 0.175. The number of nitrogens with zero attached hydrogens (tertiary/aromatic N) is 3. The van der Waals surface area contributed by atoms with E-state index in [1.165, 1.54) is 12.1 Å². The monoisotopic (exact) mass is 549 g/mol. The molecule has 0 unspecified atom stereocenters. The van der Waals surface area contributed by atoms with Crippen LogP contribution in [0.5, 0.6) is 5.88 Å². The first-order chi connectivity index (χ1) is 17.7. The smallest absolute Gasteiger partial charge is 0.240 e. The standard InChI is InChI=1S/C26H20ClN5O3S2/c27-19-11-12-20-22(14-19)32(15-16-9-10-17-5-1-2-6-18(17)13-16)25(33)24(20)30-31-26(36)29-21-7-3-4-8-23(21)37(28,34)35/h1-14,33H,15H2,(H,29,36)(H2,28,34,35). The van der Waals surface area contributed by atoms with Crippen LogP contribution in [0, 0.1) is 0 Å². The van der Waals surface area contributed by atoms with Crippen molar-refractivity contribution >= 4 is 72.0 Å². The van der Waals surface area contributed by atoms with Gasteiger partial charge in [-0.15, -0.1) is 10.2 Å². The van der Waals surface area contributed by atoms with Gasteiger partial charge in [-0.25, -0.2) is 13.6 Å². The fraction of sp³-hybridized carbons (Fsp3) is 0.0385. The number of aromatic hydroxyl groups is 1. The van der Waals surface area contributed by atoms with Gasteiger partial charge in [0.05, 0.1) is 17.7 Å². The maximum absolute atomic E-state index is 11.9. The van der Waals surface area contributed by atoms with Crippen molar-refractivity contribution in [3.05, 3.63) is 95.5 Å². The summed E-state index contributed by atoms with van der Waals surface area (Å²) in [7, 11) is -3.98. The second-order valence-corrected chi connectivity index (χ2v) is 10.6. The zero-order valence-corrected chi connectivity index (χ0v) is 21.6. The number of hydrogen-bond donors (Lipinski definition) is 3. The van der Waals surface area contributed by atoms with E-state index < -0.39 is 10.0 Å². The van der Waals surface area contributed by atoms with Gasteiger partial charge in [0, 0.05) is 10.4 Å². The highest BCUT2D eigenvalue weighted by Crippen LogP contribution is 2.40. The van der Waals surface area contributed by atoms with Crippen molar-refractivity contribution in [1.29, 1.82) is 0 Å². The van der Waals surface area contributed by atoms with Crippen molar-refractivity contribution < 1.29 is 13.5 Å². The lowest BCUT2D eigenvalue weighted by Gasteiger charge is -2.09. The Morgan fingerprint density at radius 3 is 2.51 bits per heavy atom. The summed E-state index contributed by atoms with van der Waals surface area (Å²) in [5, 5.41) is 30.6. The van der Waals surface area contributed by atoms with Crippen molar-refractivity contribution in [3.63, 3.8) is 0 Å². The number of fused-ring (bicyclic) bond motifs is 2. The number of hydrogen-bond acceptors (Lipinski definition) is 5. The van der Waals surface area contributed by atoms with Gasteiger partial charge >= 0.3 is 0 Å². The number of halogens is 1. The molecule has 0 aliphatic carbocycles. The number of para-hydroxylation sites is 1. The minimum absolute atomic E-state index is 0.109. The summed E-state index contributed by atoms with van der Waals surface area (Å²) in [5.41, 5.74) is 2.02. The van der Waals surface area contributed by atoms with Crippen LogP contribution in [0.3, 0.4) is 0 Å². The van der Waals surface area contributed by atoms with Gasteiger partial charge in [-0.05, 0) is 65.0 Å². The SMILES string of the molecule is NS(=O)(=O)c1ccccc1NC(=S)N=Nc1c(O)n(Cc2ccc3ccccc3c2)c2cc(Cl)ccc12. The number of sulfonamides is 1. The number of nitrogens with two attached hydrogens (primary N) is 1. The summed E-state index contributed by atoms with van der Waals surface area (Å²) in [6.45, 7) is 0.369. The highest BCUT2D eigenvalue weighted by atomic mass is 35.5. The maximum Gasteiger partial charge on any atom is 0.240 e. The number of azo groups is 1. The number of nitrogens with one attached hydrogen (secondary N) is 1. The van der Waals surface area contributed by atoms with Crippen molar-refractivity contribution in [3.8, 4) is 5.88 Å². The summed E-state index contributed by atoms with van der Waals surface area (Å²) < 4.78 is 25.4. The molecule has 5 rings (SSSR count). The number of benzene rings is 4. The van der Waals surface area contributed by atoms with E-state index in [9.17, 15) is 13.5 Å². The molecule has 0 radical (unpaired) electrons. The van der Waals surface area contributed by atoms with Crippen LogP contribution < -0.4 is 10.5 Å². The molecule has 0 aliphatic rings. The molecular weight excluding hydrogens is 530 g/mol. The third-order valence-corrected chi connectivity index (χ3v) is 7.19. The summed E-state index contributed by atoms with van der Waals surface area (Å²) in [6, 6.07) is 25.4. The molecule has 4 N–H and O–H groups in total. The summed E-state index contributed by atoms with van der Waals surface area (Å²) in [5.74, 6) is -0.109. The van der Waals surface area contributed by atoms with E-state index in [1.54, 1.807) is 34.9 Å². The number of aromatic nitrogens is 1. The molecule has 37 heavy (non-hydrogen) atoms. The van der Waals surface area contributed by atoms with Crippen LogP contribution >= 0.6 is 23.8 Å². The highest BCUT2D eigenvalue weighted by molar-refractivity contribution is 7.89. The zero-order chi connectivity index (χ0) is 26.2. The first-order valence-electron chi connectivity index (χ1n) is 11.0. The Balaban J connectivity index is 1.49. The van der Waals surface area contributed by atoms with Crippen molar-refractivity contribution in [1.82, 2.24) is 4.57 Å². The average Bonchev–Trinajstić information content (AvgIpc) is 3.12. The molecule has 1 aromatic heterocycles. The van der Waals surface area contributed by atoms with Crippen LogP contribution in [-0.4, -0.2) is 23.2 Å². The number of thiocarbonyl (C=S) groups is 1. The van der Waals surface area contributed by atoms with Crippen molar-refractivity contribution in [2.45, 2.75) is 11.4 Å². The molecule has 11 heteroatoms. The zero-order valence-electron chi connectivity index (χ0n) is 19.2. The molecule has 8 nitrogen and oxygen atoms in total. The van der Waals surface area contributed by atoms with Crippen molar-refractivity contribution in [2.24, 2.45) is 15.4 Å². The molecule has 0 spiro atoms. The Hall–Kier alpha value is -3.83. The molecule has 5 aromatic rings. The Morgan fingerprint density at radius 1 is 1.00 bits per heavy atom. The molecule has 0 aliphatic heterocycles. The lowest BCUT2D eigenvalue weighted by atomic mass is 10.1. The van der Waals surface area contributed by atoms with Gasteiger partial charge in [-0.1, -0.05) is 60.1 Å². The Labute approximate surface area is 223 Å². The van der Waals surface area contributed by atoms with E-state index in [0.29, 0.717) is 22.5 Å². The lowest BCUT2D eigenvalue weighted by Crippen LogP contribution is -2.16. The van der Waals surface area contributed by atoms with Crippen LogP contribution in [0.4, 0.5) is 11.4 Å². The van der Waals surface area contributed by atoms with Gasteiger partial charge in [-0.2, -0.15) is 0 Å². The van der Waals surface area contributed by atoms with Crippen LogP contribution in [-0.2, 0) is 16.6 Å². The van der Waals surface area contributed by atoms with Gasteiger partial charge in [0.25, 0.3) is 0 Å². The number of primary sulfonamides is 1. The molecule has 0 amide bonds. The number of rotatable bonds is 5. The largest absolute Gasteiger partial charge is 0.493 e. The van der Waals surface area contributed by atoms with Gasteiger partial charge in [0.2, 0.25) is 21.0 Å². The highest BCUT2D eigenvalue weighted by Gasteiger charge is 2.18. The molecule has 0 saturated carbocycles. The molecular formula is C26H20ClN5O3S2. The van der Waals surface area contributed by atoms with Crippen LogP contribution in [0.1, 0.15) is 5.56 Å². The van der Waals surface area contributed by atoms with E-state index in [-0.39, 0.29) is 27.3 Å². The molecule has 1 heterocycles. The number of anilines is 1. The fourth-order valence-electron chi connectivity index (χ4n) is 4.12. The van der Waals surface area contributed by atoms with Crippen LogP contribution in [0.2, 0.25) is 5.02 Å². The Bertz CT molecular complexity index is 1820. The second-order valence-electron chi connectivity index (χ2n) is 8.27. The molecule has 0 fully saturated rings. The predicted octanol–water partition coefficient (Wildman–Crippen LogP) is 6.33. The lowest BCUT2D eigenvalue weighted by molar-refractivity contribution is 0.429. The Morgan fingerprint density at radius 2 is 1.73 bits per heavy atom. The van der Waals surface area contributed by atoms with E-state index >= 15 is 0 Å². The topological polar surface area (TPSA) is 122 Å². The third kappa shape index (κ3) is 5.18. The van der Waals surface area contributed by atoms with Gasteiger partial charge in [-0.3, -0.25) is 0 Å². The average molecular weight is 550 g/mol. The first kappa shape index (κ1) is 24.8. The summed E-state index contributed by atoms with van der Waals surface area (Å²) in [4.78, 5) is -0.128. The van der Waals surface area contributed by atoms with E-state index in [0.717, 1.165) is 16.3 Å². The minimum atomic E-state index is -3.98. The predicted molar refractivity (Wildman–Crippen MR) is 150 cm³/mol. The summed E-state index contributed by atoms with van der Waals surface area (Å²) >= 11 is 11.5. The van der Waals surface area contributed by atoms with E-state index in [1.807, 2.05) is 36.4 Å².